The van der Waals surface area contributed by atoms with Crippen LogP contribution in [-0.2, 0) is 14.8 Å². The number of halogens is 1. The maximum atomic E-state index is 12.5. The van der Waals surface area contributed by atoms with E-state index in [-0.39, 0.29) is 17.2 Å². The number of carbonyl (C=O) groups is 1. The van der Waals surface area contributed by atoms with Gasteiger partial charge in [0.15, 0.2) is 0 Å². The largest absolute Gasteiger partial charge is 0.495 e. The fraction of sp³-hybridized carbons (Fsp3) is 0.417. The third kappa shape index (κ3) is 2.61. The van der Waals surface area contributed by atoms with Gasteiger partial charge < -0.3 is 9.84 Å². The highest BCUT2D eigenvalue weighted by Gasteiger charge is 2.39. The number of methoxy groups -OCH3 is 1. The molecule has 8 heteroatoms. The summed E-state index contributed by atoms with van der Waals surface area (Å²) in [6.07, 6.45) is 0.847. The zero-order valence-corrected chi connectivity index (χ0v) is 12.3. The Hall–Kier alpha value is -1.31. The Morgan fingerprint density at radius 1 is 1.50 bits per heavy atom. The zero-order chi connectivity index (χ0) is 14.9. The molecule has 1 N–H and O–H groups in total. The molecule has 1 aliphatic rings. The number of carboxylic acid groups (broad SMARTS) is 1. The molecule has 0 amide bonds. The second-order valence-corrected chi connectivity index (χ2v) is 6.71. The molecule has 0 saturated carbocycles. The normalized spacial score (nSPS) is 20.0. The average Bonchev–Trinajstić information content (AvgIpc) is 2.89. The molecular formula is C12H14ClNO5S. The van der Waals surface area contributed by atoms with Gasteiger partial charge in [0.1, 0.15) is 11.8 Å². The summed E-state index contributed by atoms with van der Waals surface area (Å²) in [5, 5.41) is 9.38. The zero-order valence-electron chi connectivity index (χ0n) is 10.7. The van der Waals surface area contributed by atoms with Gasteiger partial charge in [0.25, 0.3) is 0 Å². The monoisotopic (exact) mass is 319 g/mol. The highest BCUT2D eigenvalue weighted by atomic mass is 35.5. The lowest BCUT2D eigenvalue weighted by atomic mass is 10.2. The van der Waals surface area contributed by atoms with Gasteiger partial charge >= 0.3 is 5.97 Å². The lowest BCUT2D eigenvalue weighted by molar-refractivity contribution is -0.140. The Bertz CT molecular complexity index is 631. The highest BCUT2D eigenvalue weighted by molar-refractivity contribution is 7.89. The average molecular weight is 320 g/mol. The molecule has 20 heavy (non-hydrogen) atoms. The van der Waals surface area contributed by atoms with E-state index in [1.807, 2.05) is 0 Å². The second kappa shape index (κ2) is 5.59. The summed E-state index contributed by atoms with van der Waals surface area (Å²) in [7, 11) is -2.49. The molecule has 0 aromatic heterocycles. The molecule has 1 aromatic carbocycles. The molecule has 0 bridgehead atoms. The van der Waals surface area contributed by atoms with Crippen LogP contribution in [0, 0.1) is 0 Å². The van der Waals surface area contributed by atoms with E-state index >= 15 is 0 Å². The molecule has 0 spiro atoms. The Kier molecular flexibility index (Phi) is 4.22. The van der Waals surface area contributed by atoms with E-state index in [0.29, 0.717) is 17.9 Å². The van der Waals surface area contributed by atoms with Crippen molar-refractivity contribution in [3.63, 3.8) is 0 Å². The molecular weight excluding hydrogens is 306 g/mol. The molecule has 1 unspecified atom stereocenters. The van der Waals surface area contributed by atoms with Gasteiger partial charge in [-0.25, -0.2) is 8.42 Å². The Labute approximate surface area is 122 Å². The van der Waals surface area contributed by atoms with Crippen LogP contribution in [0.15, 0.2) is 23.1 Å². The van der Waals surface area contributed by atoms with E-state index < -0.39 is 22.0 Å². The molecule has 1 atom stereocenters. The number of nitrogens with zero attached hydrogens (tertiary/aromatic N) is 1. The molecule has 2 rings (SSSR count). The van der Waals surface area contributed by atoms with Crippen molar-refractivity contribution in [3.8, 4) is 5.75 Å². The Balaban J connectivity index is 2.42. The number of hydrogen-bond acceptors (Lipinski definition) is 4. The van der Waals surface area contributed by atoms with Crippen molar-refractivity contribution >= 4 is 27.6 Å². The van der Waals surface area contributed by atoms with Crippen molar-refractivity contribution in [1.82, 2.24) is 4.31 Å². The topological polar surface area (TPSA) is 83.9 Å². The van der Waals surface area contributed by atoms with Crippen molar-refractivity contribution in [1.29, 1.82) is 0 Å². The van der Waals surface area contributed by atoms with Crippen molar-refractivity contribution < 1.29 is 23.1 Å². The summed E-state index contributed by atoms with van der Waals surface area (Å²) < 4.78 is 31.0. The van der Waals surface area contributed by atoms with E-state index in [9.17, 15) is 13.2 Å². The van der Waals surface area contributed by atoms with Crippen LogP contribution in [0.1, 0.15) is 12.8 Å². The van der Waals surface area contributed by atoms with E-state index in [1.54, 1.807) is 0 Å². The summed E-state index contributed by atoms with van der Waals surface area (Å²) in [6, 6.07) is 3.05. The fourth-order valence-electron chi connectivity index (χ4n) is 2.21. The van der Waals surface area contributed by atoms with Crippen LogP contribution in [0.2, 0.25) is 5.02 Å². The fourth-order valence-corrected chi connectivity index (χ4v) is 4.07. The van der Waals surface area contributed by atoms with Gasteiger partial charge in [-0.05, 0) is 25.0 Å². The number of rotatable bonds is 4. The molecule has 0 aliphatic carbocycles. The van der Waals surface area contributed by atoms with Gasteiger partial charge in [-0.15, -0.1) is 0 Å². The SMILES string of the molecule is COc1cc(S(=O)(=O)N2CCCC2C(=O)O)ccc1Cl. The number of ether oxygens (including phenoxy) is 1. The minimum Gasteiger partial charge on any atom is -0.495 e. The lowest BCUT2D eigenvalue weighted by Gasteiger charge is -2.21. The first-order valence-electron chi connectivity index (χ1n) is 5.96. The van der Waals surface area contributed by atoms with Crippen LogP contribution in [0.4, 0.5) is 0 Å². The minimum absolute atomic E-state index is 0.0214. The minimum atomic E-state index is -3.87. The van der Waals surface area contributed by atoms with Crippen molar-refractivity contribution in [2.75, 3.05) is 13.7 Å². The summed E-state index contributed by atoms with van der Waals surface area (Å²) >= 11 is 5.86. The maximum Gasteiger partial charge on any atom is 0.322 e. The predicted octanol–water partition coefficient (Wildman–Crippen LogP) is 1.59. The first kappa shape index (κ1) is 15.1. The quantitative estimate of drug-likeness (QED) is 0.911. The van der Waals surface area contributed by atoms with Crippen LogP contribution < -0.4 is 4.74 Å². The molecule has 0 radical (unpaired) electrons. The van der Waals surface area contributed by atoms with Crippen LogP contribution in [-0.4, -0.2) is 43.5 Å². The summed E-state index contributed by atoms with van der Waals surface area (Å²) in [5.74, 6) is -0.897. The van der Waals surface area contributed by atoms with E-state index in [4.69, 9.17) is 21.4 Å². The smallest absolute Gasteiger partial charge is 0.322 e. The Morgan fingerprint density at radius 2 is 2.20 bits per heavy atom. The summed E-state index contributed by atoms with van der Waals surface area (Å²) in [6.45, 7) is 0.199. The molecule has 1 heterocycles. The number of aliphatic carboxylic acids is 1. The van der Waals surface area contributed by atoms with Gasteiger partial charge in [-0.1, -0.05) is 11.6 Å². The molecule has 110 valence electrons. The summed E-state index contributed by atoms with van der Waals surface area (Å²) in [5.41, 5.74) is 0. The molecule has 1 saturated heterocycles. The highest BCUT2D eigenvalue weighted by Crippen LogP contribution is 2.31. The number of benzene rings is 1. The van der Waals surface area contributed by atoms with Gasteiger partial charge in [0.05, 0.1) is 17.0 Å². The van der Waals surface area contributed by atoms with Crippen LogP contribution in [0.5, 0.6) is 5.75 Å². The van der Waals surface area contributed by atoms with Gasteiger partial charge in [-0.2, -0.15) is 4.31 Å². The van der Waals surface area contributed by atoms with Crippen molar-refractivity contribution in [2.45, 2.75) is 23.8 Å². The van der Waals surface area contributed by atoms with E-state index in [2.05, 4.69) is 0 Å². The predicted molar refractivity (Wildman–Crippen MR) is 72.6 cm³/mol. The Morgan fingerprint density at radius 3 is 2.80 bits per heavy atom. The maximum absolute atomic E-state index is 12.5. The van der Waals surface area contributed by atoms with Gasteiger partial charge in [-0.3, -0.25) is 4.79 Å². The molecule has 1 aromatic rings. The standard InChI is InChI=1S/C12H14ClNO5S/c1-19-11-7-8(4-5-9(11)13)20(17,18)14-6-2-3-10(14)12(15)16/h4-5,7,10H,2-3,6H2,1H3,(H,15,16). The van der Waals surface area contributed by atoms with Gasteiger partial charge in [0.2, 0.25) is 10.0 Å². The molecule has 6 nitrogen and oxygen atoms in total. The summed E-state index contributed by atoms with van der Waals surface area (Å²) in [4.78, 5) is 11.1. The lowest BCUT2D eigenvalue weighted by Crippen LogP contribution is -2.40. The van der Waals surface area contributed by atoms with E-state index in [0.717, 1.165) is 4.31 Å². The second-order valence-electron chi connectivity index (χ2n) is 4.41. The molecule has 1 fully saturated rings. The first-order chi connectivity index (χ1) is 9.37. The molecule has 1 aliphatic heterocycles. The van der Waals surface area contributed by atoms with E-state index in [1.165, 1.54) is 25.3 Å². The van der Waals surface area contributed by atoms with Gasteiger partial charge in [0, 0.05) is 12.6 Å². The third-order valence-corrected chi connectivity index (χ3v) is 5.43. The first-order valence-corrected chi connectivity index (χ1v) is 7.78. The van der Waals surface area contributed by atoms with Crippen molar-refractivity contribution in [3.05, 3.63) is 23.2 Å². The van der Waals surface area contributed by atoms with Crippen molar-refractivity contribution in [2.24, 2.45) is 0 Å². The number of hydrogen-bond donors (Lipinski definition) is 1. The van der Waals surface area contributed by atoms with Crippen LogP contribution >= 0.6 is 11.6 Å². The van der Waals surface area contributed by atoms with Crippen LogP contribution in [0.25, 0.3) is 0 Å². The van der Waals surface area contributed by atoms with Crippen LogP contribution in [0.3, 0.4) is 0 Å². The number of sulfonamides is 1. The number of carboxylic acids is 1. The third-order valence-electron chi connectivity index (χ3n) is 3.22.